The third kappa shape index (κ3) is 2.72. The average molecular weight is 437 g/mol. The molecule has 7 aromatic rings. The molecule has 0 aliphatic carbocycles. The molecule has 7 rings (SSSR count). The van der Waals surface area contributed by atoms with Crippen LogP contribution in [0.3, 0.4) is 0 Å². The molecule has 34 heavy (non-hydrogen) atoms. The molecular formula is C30H20N4. The Kier molecular flexibility index (Phi) is 4.11. The Labute approximate surface area is 196 Å². The number of pyridine rings is 1. The topological polar surface area (TPSA) is 35.1 Å². The predicted molar refractivity (Wildman–Crippen MR) is 138 cm³/mol. The van der Waals surface area contributed by atoms with E-state index in [1.807, 2.05) is 30.6 Å². The highest BCUT2D eigenvalue weighted by molar-refractivity contribution is 6.19. The number of aromatic nitrogens is 4. The molecule has 0 atom stereocenters. The molecule has 4 heteroatoms. The molecule has 3 aromatic carbocycles. The zero-order valence-electron chi connectivity index (χ0n) is 18.3. The molecule has 4 aromatic heterocycles. The molecule has 0 unspecified atom stereocenters. The fourth-order valence-electron chi connectivity index (χ4n) is 4.98. The lowest BCUT2D eigenvalue weighted by Gasteiger charge is -2.08. The van der Waals surface area contributed by atoms with Crippen LogP contribution in [-0.2, 0) is 0 Å². The van der Waals surface area contributed by atoms with E-state index in [9.17, 15) is 0 Å². The maximum Gasteiger partial charge on any atom is 0.157 e. The first kappa shape index (κ1) is 18.8. The molecule has 0 fully saturated rings. The van der Waals surface area contributed by atoms with Gasteiger partial charge in [0.25, 0.3) is 0 Å². The van der Waals surface area contributed by atoms with Crippen molar-refractivity contribution >= 4 is 27.5 Å². The van der Waals surface area contributed by atoms with Crippen LogP contribution in [0, 0.1) is 0 Å². The first-order valence-corrected chi connectivity index (χ1v) is 11.4. The monoisotopic (exact) mass is 436 g/mol. The molecular weight excluding hydrogens is 416 g/mol. The Morgan fingerprint density at radius 2 is 1.24 bits per heavy atom. The zero-order chi connectivity index (χ0) is 22.5. The molecule has 0 N–H and O–H groups in total. The fraction of sp³-hybridized carbons (Fsp3) is 0. The van der Waals surface area contributed by atoms with Gasteiger partial charge in [-0.05, 0) is 23.8 Å². The Morgan fingerprint density at radius 3 is 2.00 bits per heavy atom. The summed E-state index contributed by atoms with van der Waals surface area (Å²) in [6, 6.07) is 35.7. The zero-order valence-corrected chi connectivity index (χ0v) is 18.3. The van der Waals surface area contributed by atoms with Crippen molar-refractivity contribution in [3.63, 3.8) is 0 Å². The second kappa shape index (κ2) is 7.42. The van der Waals surface area contributed by atoms with E-state index < -0.39 is 0 Å². The van der Waals surface area contributed by atoms with Crippen molar-refractivity contribution in [3.05, 3.63) is 122 Å². The molecule has 0 radical (unpaired) electrons. The van der Waals surface area contributed by atoms with Crippen LogP contribution in [-0.4, -0.2) is 18.9 Å². The van der Waals surface area contributed by atoms with Gasteiger partial charge in [-0.1, -0.05) is 84.9 Å². The number of rotatable bonds is 3. The molecule has 0 aliphatic rings. The molecule has 0 amide bonds. The van der Waals surface area contributed by atoms with E-state index in [1.165, 1.54) is 27.4 Å². The Bertz CT molecular complexity index is 1770. The molecule has 0 bridgehead atoms. The van der Waals surface area contributed by atoms with Gasteiger partial charge in [-0.15, -0.1) is 0 Å². The predicted octanol–water partition coefficient (Wildman–Crippen LogP) is 7.16. The molecule has 160 valence electrons. The van der Waals surface area contributed by atoms with E-state index >= 15 is 0 Å². The summed E-state index contributed by atoms with van der Waals surface area (Å²) in [5.74, 6) is 0.800. The highest BCUT2D eigenvalue weighted by Crippen LogP contribution is 2.42. The van der Waals surface area contributed by atoms with Crippen molar-refractivity contribution in [1.29, 1.82) is 0 Å². The summed E-state index contributed by atoms with van der Waals surface area (Å²) in [5.41, 5.74) is 7.74. The van der Waals surface area contributed by atoms with Crippen molar-refractivity contribution in [1.82, 2.24) is 18.9 Å². The highest BCUT2D eigenvalue weighted by Gasteiger charge is 2.22. The van der Waals surface area contributed by atoms with Gasteiger partial charge in [-0.2, -0.15) is 0 Å². The lowest BCUT2D eigenvalue weighted by Crippen LogP contribution is -2.01. The number of para-hydroxylation sites is 1. The molecule has 0 saturated heterocycles. The minimum absolute atomic E-state index is 0.800. The Morgan fingerprint density at radius 1 is 0.559 bits per heavy atom. The number of hydrogen-bond acceptors (Lipinski definition) is 2. The summed E-state index contributed by atoms with van der Waals surface area (Å²) >= 11 is 0. The fourth-order valence-corrected chi connectivity index (χ4v) is 4.98. The minimum atomic E-state index is 0.800. The van der Waals surface area contributed by atoms with Gasteiger partial charge < -0.3 is 4.40 Å². The first-order valence-electron chi connectivity index (χ1n) is 11.4. The number of hydrogen-bond donors (Lipinski definition) is 0. The van der Waals surface area contributed by atoms with Gasteiger partial charge in [-0.25, -0.2) is 4.98 Å². The van der Waals surface area contributed by atoms with Gasteiger partial charge >= 0.3 is 0 Å². The normalized spacial score (nSPS) is 11.5. The quantitative estimate of drug-likeness (QED) is 0.295. The minimum Gasteiger partial charge on any atom is -0.302 e. The number of benzene rings is 3. The van der Waals surface area contributed by atoms with Gasteiger partial charge in [0, 0.05) is 28.1 Å². The van der Waals surface area contributed by atoms with Crippen LogP contribution in [0.1, 0.15) is 0 Å². The average Bonchev–Trinajstić information content (AvgIpc) is 3.43. The number of fused-ring (bicyclic) bond motifs is 5. The highest BCUT2D eigenvalue weighted by atomic mass is 15.1. The van der Waals surface area contributed by atoms with E-state index in [-0.39, 0.29) is 0 Å². The summed E-state index contributed by atoms with van der Waals surface area (Å²) in [7, 11) is 0. The van der Waals surface area contributed by atoms with Crippen molar-refractivity contribution in [2.24, 2.45) is 0 Å². The lowest BCUT2D eigenvalue weighted by atomic mass is 10.0. The van der Waals surface area contributed by atoms with E-state index in [1.54, 1.807) is 0 Å². The molecule has 4 heterocycles. The molecule has 4 nitrogen and oxygen atoms in total. The van der Waals surface area contributed by atoms with Gasteiger partial charge in [0.15, 0.2) is 5.82 Å². The maximum atomic E-state index is 4.87. The van der Waals surface area contributed by atoms with Crippen LogP contribution < -0.4 is 0 Å². The summed E-state index contributed by atoms with van der Waals surface area (Å²) in [6.45, 7) is 0. The smallest absolute Gasteiger partial charge is 0.157 e. The van der Waals surface area contributed by atoms with Gasteiger partial charge in [-0.3, -0.25) is 9.55 Å². The largest absolute Gasteiger partial charge is 0.302 e. The molecule has 0 spiro atoms. The van der Waals surface area contributed by atoms with Crippen LogP contribution in [0.25, 0.3) is 55.7 Å². The first-order chi connectivity index (χ1) is 16.9. The SMILES string of the molecule is c1ccc(-c2cnc(-n3c4ccccc4c4c(-c5ccccc5)c5ccccn5c43)cn2)cc1. The Hall–Kier alpha value is -4.70. The van der Waals surface area contributed by atoms with Gasteiger partial charge in [0.1, 0.15) is 5.65 Å². The van der Waals surface area contributed by atoms with Crippen LogP contribution in [0.5, 0.6) is 0 Å². The second-order valence-electron chi connectivity index (χ2n) is 8.37. The Balaban J connectivity index is 1.57. The van der Waals surface area contributed by atoms with Crippen molar-refractivity contribution in [3.8, 4) is 28.2 Å². The van der Waals surface area contributed by atoms with E-state index in [4.69, 9.17) is 9.97 Å². The van der Waals surface area contributed by atoms with E-state index in [0.29, 0.717) is 0 Å². The van der Waals surface area contributed by atoms with Gasteiger partial charge in [0.05, 0.1) is 29.1 Å². The van der Waals surface area contributed by atoms with Gasteiger partial charge in [0.2, 0.25) is 0 Å². The standard InChI is InChI=1S/C30H20N4/c1-3-11-21(12-4-1)24-19-32-27(20-31-24)34-25-16-8-7-15-23(25)29-28(22-13-5-2-6-14-22)26-17-9-10-18-33(26)30(29)34/h1-20H. The summed E-state index contributed by atoms with van der Waals surface area (Å²) in [5, 5.41) is 2.43. The van der Waals surface area contributed by atoms with Crippen molar-refractivity contribution in [2.45, 2.75) is 0 Å². The molecule has 0 saturated carbocycles. The van der Waals surface area contributed by atoms with Crippen LogP contribution in [0.4, 0.5) is 0 Å². The number of nitrogens with zero attached hydrogens (tertiary/aromatic N) is 4. The second-order valence-corrected chi connectivity index (χ2v) is 8.37. The van der Waals surface area contributed by atoms with Crippen molar-refractivity contribution in [2.75, 3.05) is 0 Å². The third-order valence-electron chi connectivity index (χ3n) is 6.44. The van der Waals surface area contributed by atoms with E-state index in [0.717, 1.165) is 28.2 Å². The third-order valence-corrected chi connectivity index (χ3v) is 6.44. The van der Waals surface area contributed by atoms with E-state index in [2.05, 4.69) is 100 Å². The summed E-state index contributed by atoms with van der Waals surface area (Å²) in [6.07, 6.45) is 5.86. The van der Waals surface area contributed by atoms with Crippen LogP contribution >= 0.6 is 0 Å². The molecule has 0 aliphatic heterocycles. The lowest BCUT2D eigenvalue weighted by molar-refractivity contribution is 1.01. The van der Waals surface area contributed by atoms with Crippen LogP contribution in [0.2, 0.25) is 0 Å². The maximum absolute atomic E-state index is 4.87. The van der Waals surface area contributed by atoms with Crippen molar-refractivity contribution < 1.29 is 0 Å². The van der Waals surface area contributed by atoms with Crippen LogP contribution in [0.15, 0.2) is 122 Å². The summed E-state index contributed by atoms with van der Waals surface area (Å²) < 4.78 is 4.50. The summed E-state index contributed by atoms with van der Waals surface area (Å²) in [4.78, 5) is 9.64.